The smallest absolute Gasteiger partial charge is 0.0163 e. The maximum absolute atomic E-state index is 2.62. The van der Waals surface area contributed by atoms with Crippen molar-refractivity contribution in [2.24, 2.45) is 0 Å². The molecule has 0 atom stereocenters. The molecule has 0 aromatic heterocycles. The molecule has 17 heavy (non-hydrogen) atoms. The largest absolute Gasteiger partial charge is 0.300 e. The first-order valence-electron chi connectivity index (χ1n) is 7.68. The van der Waals surface area contributed by atoms with Gasteiger partial charge in [0, 0.05) is 6.54 Å². The number of rotatable bonds is 12. The van der Waals surface area contributed by atoms with Gasteiger partial charge in [-0.2, -0.15) is 0 Å². The van der Waals surface area contributed by atoms with E-state index in [4.69, 9.17) is 0 Å². The predicted octanol–water partition coefficient (Wildman–Crippen LogP) is 5.03. The van der Waals surface area contributed by atoms with Crippen LogP contribution in [-0.4, -0.2) is 24.5 Å². The fraction of sp³-hybridized carbons (Fsp3) is 0.875. The van der Waals surface area contributed by atoms with Crippen LogP contribution in [0.1, 0.15) is 72.1 Å². The van der Waals surface area contributed by atoms with Crippen molar-refractivity contribution in [2.45, 2.75) is 72.1 Å². The van der Waals surface area contributed by atoms with E-state index in [-0.39, 0.29) is 0 Å². The lowest BCUT2D eigenvalue weighted by molar-refractivity contribution is 0.286. The van der Waals surface area contributed by atoms with Gasteiger partial charge >= 0.3 is 0 Å². The Kier molecular flexibility index (Phi) is 13.5. The molecule has 0 bridgehead atoms. The standard InChI is InChI=1S/C16H33N/c1-4-7-10-12-15-17(14-9-6-3)16-13-11-8-5-2/h6,9H,4-5,7-8,10-16H2,1-3H3. The second-order valence-electron chi connectivity index (χ2n) is 4.99. The van der Waals surface area contributed by atoms with E-state index >= 15 is 0 Å². The van der Waals surface area contributed by atoms with Gasteiger partial charge in [0.1, 0.15) is 0 Å². The Labute approximate surface area is 109 Å². The van der Waals surface area contributed by atoms with Gasteiger partial charge in [-0.1, -0.05) is 64.5 Å². The van der Waals surface area contributed by atoms with Gasteiger partial charge in [0.25, 0.3) is 0 Å². The highest BCUT2D eigenvalue weighted by Gasteiger charge is 2.02. The summed E-state index contributed by atoms with van der Waals surface area (Å²) < 4.78 is 0. The van der Waals surface area contributed by atoms with E-state index in [1.807, 2.05) is 0 Å². The van der Waals surface area contributed by atoms with Crippen LogP contribution in [-0.2, 0) is 0 Å². The van der Waals surface area contributed by atoms with E-state index < -0.39 is 0 Å². The van der Waals surface area contributed by atoms with Crippen molar-refractivity contribution < 1.29 is 0 Å². The zero-order chi connectivity index (χ0) is 12.8. The molecule has 0 amide bonds. The molecule has 0 radical (unpaired) electrons. The summed E-state index contributed by atoms with van der Waals surface area (Å²) in [4.78, 5) is 2.62. The first-order chi connectivity index (χ1) is 8.35. The lowest BCUT2D eigenvalue weighted by Crippen LogP contribution is -2.26. The van der Waals surface area contributed by atoms with Crippen molar-refractivity contribution in [2.75, 3.05) is 19.6 Å². The molecule has 0 aliphatic carbocycles. The summed E-state index contributed by atoms with van der Waals surface area (Å²) in [6.07, 6.45) is 15.5. The monoisotopic (exact) mass is 239 g/mol. The van der Waals surface area contributed by atoms with Gasteiger partial charge in [0.2, 0.25) is 0 Å². The molecule has 0 heterocycles. The van der Waals surface area contributed by atoms with Crippen LogP contribution in [0.4, 0.5) is 0 Å². The molecule has 0 N–H and O–H groups in total. The van der Waals surface area contributed by atoms with Crippen LogP contribution >= 0.6 is 0 Å². The molecule has 0 aliphatic rings. The van der Waals surface area contributed by atoms with Gasteiger partial charge in [-0.3, -0.25) is 4.90 Å². The van der Waals surface area contributed by atoms with E-state index in [1.165, 1.54) is 64.5 Å². The van der Waals surface area contributed by atoms with Gasteiger partial charge in [0.15, 0.2) is 0 Å². The molecule has 0 aromatic carbocycles. The molecule has 0 fully saturated rings. The lowest BCUT2D eigenvalue weighted by atomic mass is 10.1. The summed E-state index contributed by atoms with van der Waals surface area (Å²) in [6, 6.07) is 0. The molecule has 1 heteroatoms. The maximum Gasteiger partial charge on any atom is 0.0163 e. The summed E-state index contributed by atoms with van der Waals surface area (Å²) in [5.41, 5.74) is 0. The molecule has 0 aromatic rings. The summed E-state index contributed by atoms with van der Waals surface area (Å²) in [6.45, 7) is 10.4. The molecular weight excluding hydrogens is 206 g/mol. The first kappa shape index (κ1) is 16.7. The number of allylic oxidation sites excluding steroid dienone is 1. The maximum atomic E-state index is 2.62. The summed E-state index contributed by atoms with van der Waals surface area (Å²) in [7, 11) is 0. The van der Waals surface area contributed by atoms with E-state index in [1.54, 1.807) is 0 Å². The van der Waals surface area contributed by atoms with Gasteiger partial charge in [-0.25, -0.2) is 0 Å². The van der Waals surface area contributed by atoms with Crippen molar-refractivity contribution in [1.82, 2.24) is 4.90 Å². The van der Waals surface area contributed by atoms with Crippen LogP contribution in [0.15, 0.2) is 12.2 Å². The molecule has 0 saturated heterocycles. The Morgan fingerprint density at radius 2 is 1.29 bits per heavy atom. The van der Waals surface area contributed by atoms with Gasteiger partial charge in [-0.05, 0) is 32.9 Å². The summed E-state index contributed by atoms with van der Waals surface area (Å²) >= 11 is 0. The topological polar surface area (TPSA) is 3.24 Å². The van der Waals surface area contributed by atoms with Crippen LogP contribution < -0.4 is 0 Å². The second-order valence-corrected chi connectivity index (χ2v) is 4.99. The molecule has 0 aliphatic heterocycles. The lowest BCUT2D eigenvalue weighted by Gasteiger charge is -2.20. The van der Waals surface area contributed by atoms with Crippen LogP contribution in [0.3, 0.4) is 0 Å². The minimum Gasteiger partial charge on any atom is -0.300 e. The van der Waals surface area contributed by atoms with Crippen LogP contribution in [0.2, 0.25) is 0 Å². The van der Waals surface area contributed by atoms with Gasteiger partial charge in [-0.15, -0.1) is 0 Å². The van der Waals surface area contributed by atoms with Crippen molar-refractivity contribution in [3.05, 3.63) is 12.2 Å². The molecule has 1 nitrogen and oxygen atoms in total. The van der Waals surface area contributed by atoms with E-state index in [2.05, 4.69) is 37.8 Å². The van der Waals surface area contributed by atoms with Crippen molar-refractivity contribution in [3.63, 3.8) is 0 Å². The minimum absolute atomic E-state index is 1.15. The molecule has 0 spiro atoms. The average Bonchev–Trinajstić information content (AvgIpc) is 2.35. The average molecular weight is 239 g/mol. The van der Waals surface area contributed by atoms with Gasteiger partial charge in [0.05, 0.1) is 0 Å². The number of unbranched alkanes of at least 4 members (excludes halogenated alkanes) is 6. The predicted molar refractivity (Wildman–Crippen MR) is 79.5 cm³/mol. The zero-order valence-corrected chi connectivity index (χ0v) is 12.4. The van der Waals surface area contributed by atoms with Crippen LogP contribution in [0, 0.1) is 0 Å². The Morgan fingerprint density at radius 3 is 1.71 bits per heavy atom. The fourth-order valence-corrected chi connectivity index (χ4v) is 2.07. The Morgan fingerprint density at radius 1 is 0.765 bits per heavy atom. The highest BCUT2D eigenvalue weighted by atomic mass is 15.1. The number of hydrogen-bond donors (Lipinski definition) is 0. The third-order valence-electron chi connectivity index (χ3n) is 3.26. The van der Waals surface area contributed by atoms with Crippen LogP contribution in [0.5, 0.6) is 0 Å². The Bertz CT molecular complexity index is 151. The SMILES string of the molecule is CC=CCN(CCCCCC)CCCCCC. The molecule has 0 rings (SSSR count). The molecular formula is C16H33N. The molecule has 0 saturated carbocycles. The highest BCUT2D eigenvalue weighted by molar-refractivity contribution is 4.81. The normalized spacial score (nSPS) is 11.8. The summed E-state index contributed by atoms with van der Waals surface area (Å²) in [5.74, 6) is 0. The Balaban J connectivity index is 3.63. The van der Waals surface area contributed by atoms with Crippen molar-refractivity contribution in [1.29, 1.82) is 0 Å². The quantitative estimate of drug-likeness (QED) is 0.341. The van der Waals surface area contributed by atoms with E-state index in [9.17, 15) is 0 Å². The number of hydrogen-bond acceptors (Lipinski definition) is 1. The Hall–Kier alpha value is -0.300. The van der Waals surface area contributed by atoms with Gasteiger partial charge < -0.3 is 0 Å². The third-order valence-corrected chi connectivity index (χ3v) is 3.26. The fourth-order valence-electron chi connectivity index (χ4n) is 2.07. The second kappa shape index (κ2) is 13.8. The zero-order valence-electron chi connectivity index (χ0n) is 12.4. The number of nitrogens with zero attached hydrogens (tertiary/aromatic N) is 1. The highest BCUT2D eigenvalue weighted by Crippen LogP contribution is 2.05. The van der Waals surface area contributed by atoms with E-state index in [0.29, 0.717) is 0 Å². The first-order valence-corrected chi connectivity index (χ1v) is 7.68. The molecule has 0 unspecified atom stereocenters. The van der Waals surface area contributed by atoms with Crippen LogP contribution in [0.25, 0.3) is 0 Å². The third kappa shape index (κ3) is 12.0. The summed E-state index contributed by atoms with van der Waals surface area (Å²) in [5, 5.41) is 0. The van der Waals surface area contributed by atoms with Crippen molar-refractivity contribution >= 4 is 0 Å². The van der Waals surface area contributed by atoms with Crippen molar-refractivity contribution in [3.8, 4) is 0 Å². The minimum atomic E-state index is 1.15. The van der Waals surface area contributed by atoms with E-state index in [0.717, 1.165) is 6.54 Å². The molecule has 102 valence electrons.